The van der Waals surface area contributed by atoms with Gasteiger partial charge in [-0.1, -0.05) is 29.3 Å². The van der Waals surface area contributed by atoms with Crippen molar-refractivity contribution in [2.24, 2.45) is 0 Å². The molecule has 2 aromatic carbocycles. The van der Waals surface area contributed by atoms with Gasteiger partial charge in [0.25, 0.3) is 11.6 Å². The van der Waals surface area contributed by atoms with Gasteiger partial charge in [-0.3, -0.25) is 14.9 Å². The van der Waals surface area contributed by atoms with E-state index in [2.05, 4.69) is 21.2 Å². The van der Waals surface area contributed by atoms with Gasteiger partial charge in [0.15, 0.2) is 0 Å². The summed E-state index contributed by atoms with van der Waals surface area (Å²) in [5.41, 5.74) is 1.11. The van der Waals surface area contributed by atoms with Gasteiger partial charge in [0.05, 0.1) is 9.95 Å². The molecule has 1 heterocycles. The maximum atomic E-state index is 12.5. The minimum atomic E-state index is -0.631. The SMILES string of the molecule is Cc1c(Cl)cccc1NC(=O)/C(C#N)=C\c1ccc(-c2cc(Cl)c(Br)c([N+](=O)[O-])c2)o1. The van der Waals surface area contributed by atoms with Crippen molar-refractivity contribution in [2.75, 3.05) is 5.32 Å². The van der Waals surface area contributed by atoms with Crippen molar-refractivity contribution in [1.82, 2.24) is 0 Å². The molecule has 3 aromatic rings. The Bertz CT molecular complexity index is 1280. The molecule has 31 heavy (non-hydrogen) atoms. The molecule has 1 amide bonds. The third-order valence-corrected chi connectivity index (χ3v) is 6.05. The van der Waals surface area contributed by atoms with Crippen LogP contribution in [0.3, 0.4) is 0 Å². The van der Waals surface area contributed by atoms with Crippen LogP contribution in [0.25, 0.3) is 17.4 Å². The lowest BCUT2D eigenvalue weighted by molar-refractivity contribution is -0.385. The van der Waals surface area contributed by atoms with E-state index in [1.54, 1.807) is 31.2 Å². The first-order valence-electron chi connectivity index (χ1n) is 8.63. The predicted octanol–water partition coefficient (Wildman–Crippen LogP) is 6.78. The van der Waals surface area contributed by atoms with Gasteiger partial charge in [0.2, 0.25) is 0 Å². The van der Waals surface area contributed by atoms with Crippen molar-refractivity contribution < 1.29 is 14.1 Å². The summed E-state index contributed by atoms with van der Waals surface area (Å²) in [6.45, 7) is 1.75. The molecule has 0 aliphatic carbocycles. The molecule has 3 rings (SSSR count). The molecule has 0 aliphatic heterocycles. The summed E-state index contributed by atoms with van der Waals surface area (Å²) >= 11 is 15.2. The van der Waals surface area contributed by atoms with E-state index in [9.17, 15) is 20.2 Å². The fraction of sp³-hybridized carbons (Fsp3) is 0.0476. The normalized spacial score (nSPS) is 11.1. The number of furan rings is 1. The van der Waals surface area contributed by atoms with E-state index >= 15 is 0 Å². The van der Waals surface area contributed by atoms with Gasteiger partial charge in [-0.25, -0.2) is 0 Å². The molecule has 1 N–H and O–H groups in total. The molecule has 0 aliphatic rings. The minimum Gasteiger partial charge on any atom is -0.457 e. The first-order valence-corrected chi connectivity index (χ1v) is 10.2. The van der Waals surface area contributed by atoms with Crippen LogP contribution in [0.1, 0.15) is 11.3 Å². The average molecular weight is 521 g/mol. The highest BCUT2D eigenvalue weighted by molar-refractivity contribution is 9.10. The number of nitro groups is 1. The summed E-state index contributed by atoms with van der Waals surface area (Å²) in [7, 11) is 0. The van der Waals surface area contributed by atoms with E-state index in [-0.39, 0.29) is 32.3 Å². The molecule has 0 bridgehead atoms. The topological polar surface area (TPSA) is 109 Å². The number of nitriles is 1. The fourth-order valence-corrected chi connectivity index (χ4v) is 3.42. The Morgan fingerprint density at radius 1 is 1.26 bits per heavy atom. The number of nitrogens with one attached hydrogen (secondary N) is 1. The van der Waals surface area contributed by atoms with Crippen LogP contribution in [0.4, 0.5) is 11.4 Å². The summed E-state index contributed by atoms with van der Waals surface area (Å²) in [4.78, 5) is 23.1. The molecule has 0 spiro atoms. The zero-order chi connectivity index (χ0) is 22.7. The van der Waals surface area contributed by atoms with Crippen LogP contribution in [-0.2, 0) is 4.79 Å². The average Bonchev–Trinajstić information content (AvgIpc) is 3.19. The number of anilines is 1. The summed E-state index contributed by atoms with van der Waals surface area (Å²) in [6, 6.07) is 12.8. The number of carbonyl (C=O) groups excluding carboxylic acids is 1. The molecule has 1 aromatic heterocycles. The first-order chi connectivity index (χ1) is 14.7. The summed E-state index contributed by atoms with van der Waals surface area (Å²) in [6.07, 6.45) is 1.27. The molecule has 0 unspecified atom stereocenters. The Hall–Kier alpha value is -3.12. The molecule has 7 nitrogen and oxygen atoms in total. The fourth-order valence-electron chi connectivity index (χ4n) is 2.66. The number of halogens is 3. The Morgan fingerprint density at radius 3 is 2.68 bits per heavy atom. The van der Waals surface area contributed by atoms with E-state index in [0.29, 0.717) is 21.8 Å². The Balaban J connectivity index is 1.89. The standard InChI is InChI=1S/C21H12BrCl2N3O4/c1-11-15(23)3-2-4-17(11)26-21(28)13(10-25)7-14-5-6-19(31-14)12-8-16(24)20(22)18(9-12)27(29)30/h2-9H,1H3,(H,26,28)/b13-7-. The van der Waals surface area contributed by atoms with Gasteiger partial charge in [0.1, 0.15) is 27.6 Å². The van der Waals surface area contributed by atoms with Gasteiger partial charge in [0, 0.05) is 28.4 Å². The maximum Gasteiger partial charge on any atom is 0.285 e. The Kier molecular flexibility index (Phi) is 6.81. The van der Waals surface area contributed by atoms with E-state index < -0.39 is 10.8 Å². The second-order valence-corrected chi connectivity index (χ2v) is 7.89. The van der Waals surface area contributed by atoms with Crippen LogP contribution in [0.5, 0.6) is 0 Å². The van der Waals surface area contributed by atoms with Gasteiger partial charge in [-0.05, 0) is 58.7 Å². The van der Waals surface area contributed by atoms with Crippen molar-refractivity contribution in [3.05, 3.63) is 84.0 Å². The van der Waals surface area contributed by atoms with Crippen LogP contribution < -0.4 is 5.32 Å². The smallest absolute Gasteiger partial charge is 0.285 e. The molecule has 0 fully saturated rings. The zero-order valence-electron chi connectivity index (χ0n) is 15.8. The van der Waals surface area contributed by atoms with E-state index in [1.165, 1.54) is 24.3 Å². The number of rotatable bonds is 5. The van der Waals surface area contributed by atoms with Crippen molar-refractivity contribution in [2.45, 2.75) is 6.92 Å². The molecule has 0 radical (unpaired) electrons. The number of nitrogens with zero attached hydrogens (tertiary/aromatic N) is 2. The molecule has 10 heteroatoms. The lowest BCUT2D eigenvalue weighted by Gasteiger charge is -2.08. The third kappa shape index (κ3) is 4.97. The Morgan fingerprint density at radius 2 is 2.00 bits per heavy atom. The van der Waals surface area contributed by atoms with Crippen LogP contribution in [0.15, 0.2) is 56.9 Å². The summed E-state index contributed by atoms with van der Waals surface area (Å²) in [5.74, 6) is -0.133. The van der Waals surface area contributed by atoms with E-state index in [0.717, 1.165) is 0 Å². The van der Waals surface area contributed by atoms with Gasteiger partial charge < -0.3 is 9.73 Å². The number of nitro benzene ring substituents is 1. The van der Waals surface area contributed by atoms with E-state index in [4.69, 9.17) is 27.6 Å². The Labute approximate surface area is 195 Å². The number of carbonyl (C=O) groups is 1. The number of amides is 1. The number of benzene rings is 2. The predicted molar refractivity (Wildman–Crippen MR) is 122 cm³/mol. The lowest BCUT2D eigenvalue weighted by atomic mass is 10.1. The minimum absolute atomic E-state index is 0.145. The lowest BCUT2D eigenvalue weighted by Crippen LogP contribution is -2.14. The molecule has 156 valence electrons. The maximum absolute atomic E-state index is 12.5. The molecule has 0 atom stereocenters. The molecular weight excluding hydrogens is 509 g/mol. The van der Waals surface area contributed by atoms with Crippen molar-refractivity contribution in [3.8, 4) is 17.4 Å². The van der Waals surface area contributed by atoms with Crippen LogP contribution in [0.2, 0.25) is 10.0 Å². The van der Waals surface area contributed by atoms with Gasteiger partial charge in [-0.15, -0.1) is 0 Å². The first kappa shape index (κ1) is 22.6. The second kappa shape index (κ2) is 9.35. The van der Waals surface area contributed by atoms with Crippen molar-refractivity contribution in [1.29, 1.82) is 5.26 Å². The highest BCUT2D eigenvalue weighted by atomic mass is 79.9. The van der Waals surface area contributed by atoms with Gasteiger partial charge >= 0.3 is 0 Å². The monoisotopic (exact) mass is 519 g/mol. The third-order valence-electron chi connectivity index (χ3n) is 4.28. The van der Waals surface area contributed by atoms with E-state index in [1.807, 2.05) is 6.07 Å². The second-order valence-electron chi connectivity index (χ2n) is 6.29. The molecule has 0 saturated carbocycles. The van der Waals surface area contributed by atoms with Crippen LogP contribution >= 0.6 is 39.1 Å². The van der Waals surface area contributed by atoms with Crippen molar-refractivity contribution >= 4 is 62.5 Å². The zero-order valence-corrected chi connectivity index (χ0v) is 18.9. The largest absolute Gasteiger partial charge is 0.457 e. The summed E-state index contributed by atoms with van der Waals surface area (Å²) in [5, 5.41) is 23.9. The van der Waals surface area contributed by atoms with Crippen LogP contribution in [-0.4, -0.2) is 10.8 Å². The van der Waals surface area contributed by atoms with Gasteiger partial charge in [-0.2, -0.15) is 5.26 Å². The van der Waals surface area contributed by atoms with Crippen molar-refractivity contribution in [3.63, 3.8) is 0 Å². The number of hydrogen-bond donors (Lipinski definition) is 1. The summed E-state index contributed by atoms with van der Waals surface area (Å²) < 4.78 is 5.81. The highest BCUT2D eigenvalue weighted by Gasteiger charge is 2.19. The number of hydrogen-bond acceptors (Lipinski definition) is 5. The highest BCUT2D eigenvalue weighted by Crippen LogP contribution is 2.37. The molecular formula is C21H12BrCl2N3O4. The molecule has 0 saturated heterocycles. The quantitative estimate of drug-likeness (QED) is 0.172. The van der Waals surface area contributed by atoms with Crippen LogP contribution in [0, 0.1) is 28.4 Å².